The first kappa shape index (κ1) is 30.7. The summed E-state index contributed by atoms with van der Waals surface area (Å²) < 4.78 is 2.08. The van der Waals surface area contributed by atoms with Gasteiger partial charge in [0.2, 0.25) is 5.91 Å². The Labute approximate surface area is 243 Å². The van der Waals surface area contributed by atoms with Gasteiger partial charge in [-0.25, -0.2) is 4.98 Å². The summed E-state index contributed by atoms with van der Waals surface area (Å²) in [5, 5.41) is 11.1. The molecule has 1 amide bonds. The Kier molecular flexibility index (Phi) is 10.6. The number of benzene rings is 1. The highest BCUT2D eigenvalue weighted by Gasteiger charge is 2.31. The molecular weight excluding hydrogens is 533 g/mol. The van der Waals surface area contributed by atoms with Crippen molar-refractivity contribution in [2.45, 2.75) is 77.3 Å². The van der Waals surface area contributed by atoms with Crippen LogP contribution in [0.25, 0.3) is 11.0 Å². The number of hydrogen-bond acceptors (Lipinski definition) is 5. The van der Waals surface area contributed by atoms with E-state index in [0.29, 0.717) is 5.56 Å². The molecule has 0 bridgehead atoms. The number of piperidine rings is 1. The maximum absolute atomic E-state index is 13.1. The second-order valence-electron chi connectivity index (χ2n) is 11.1. The zero-order valence-electron chi connectivity index (χ0n) is 22.7. The van der Waals surface area contributed by atoms with Gasteiger partial charge in [-0.05, 0) is 67.9 Å². The molecule has 2 aliphatic rings. The second-order valence-corrected chi connectivity index (χ2v) is 11.1. The van der Waals surface area contributed by atoms with Crippen molar-refractivity contribution in [2.75, 3.05) is 18.0 Å². The number of amidine groups is 1. The Morgan fingerprint density at radius 2 is 1.79 bits per heavy atom. The minimum absolute atomic E-state index is 0. The molecule has 1 aromatic carbocycles. The van der Waals surface area contributed by atoms with E-state index in [0.717, 1.165) is 68.5 Å². The van der Waals surface area contributed by atoms with Crippen molar-refractivity contribution >= 4 is 53.3 Å². The van der Waals surface area contributed by atoms with Crippen LogP contribution in [-0.2, 0) is 17.8 Å². The Morgan fingerprint density at radius 1 is 1.10 bits per heavy atom. The van der Waals surface area contributed by atoms with Crippen LogP contribution in [-0.4, -0.2) is 45.4 Å². The van der Waals surface area contributed by atoms with E-state index in [-0.39, 0.29) is 54.6 Å². The average molecular weight is 575 g/mol. The van der Waals surface area contributed by atoms with Crippen molar-refractivity contribution in [3.8, 4) is 0 Å². The third-order valence-electron chi connectivity index (χ3n) is 8.36. The molecule has 0 spiro atoms. The SMILES string of the molecule is CC1(CCc2nc3cc(C(=N)N)ccc3n2CC(=O)NC2CCCCC2)CCN(c2ccncc2)CC1.Cl.Cl. The summed E-state index contributed by atoms with van der Waals surface area (Å²) in [4.78, 5) is 24.6. The zero-order chi connectivity index (χ0) is 25.8. The van der Waals surface area contributed by atoms with Crippen LogP contribution in [0.3, 0.4) is 0 Å². The third-order valence-corrected chi connectivity index (χ3v) is 8.36. The van der Waals surface area contributed by atoms with E-state index in [9.17, 15) is 4.79 Å². The van der Waals surface area contributed by atoms with Gasteiger partial charge in [0.1, 0.15) is 18.2 Å². The number of imidazole rings is 1. The molecular formula is C29H41Cl2N7O. The van der Waals surface area contributed by atoms with Crippen LogP contribution in [0.15, 0.2) is 42.7 Å². The Bertz CT molecular complexity index is 1250. The van der Waals surface area contributed by atoms with Crippen molar-refractivity contribution in [2.24, 2.45) is 11.1 Å². The number of nitrogens with zero attached hydrogens (tertiary/aromatic N) is 4. The fourth-order valence-corrected chi connectivity index (χ4v) is 5.90. The molecule has 4 N–H and O–H groups in total. The number of rotatable bonds is 8. The van der Waals surface area contributed by atoms with Crippen molar-refractivity contribution in [3.63, 3.8) is 0 Å². The third kappa shape index (κ3) is 7.42. The lowest BCUT2D eigenvalue weighted by Gasteiger charge is -2.40. The van der Waals surface area contributed by atoms with Crippen molar-refractivity contribution in [1.82, 2.24) is 19.9 Å². The summed E-state index contributed by atoms with van der Waals surface area (Å²) in [7, 11) is 0. The predicted molar refractivity (Wildman–Crippen MR) is 162 cm³/mol. The number of aromatic nitrogens is 3. The molecule has 2 fully saturated rings. The van der Waals surface area contributed by atoms with Gasteiger partial charge in [0.25, 0.3) is 0 Å². The molecule has 10 heteroatoms. The zero-order valence-corrected chi connectivity index (χ0v) is 24.3. The lowest BCUT2D eigenvalue weighted by Crippen LogP contribution is -2.39. The minimum Gasteiger partial charge on any atom is -0.384 e. The van der Waals surface area contributed by atoms with E-state index in [1.54, 1.807) is 0 Å². The van der Waals surface area contributed by atoms with Crippen LogP contribution in [0.5, 0.6) is 0 Å². The maximum atomic E-state index is 13.1. The smallest absolute Gasteiger partial charge is 0.240 e. The lowest BCUT2D eigenvalue weighted by atomic mass is 9.76. The number of nitrogen functional groups attached to an aromatic ring is 1. The number of carbonyl (C=O) groups excluding carboxylic acids is 1. The van der Waals surface area contributed by atoms with E-state index in [1.807, 2.05) is 30.6 Å². The van der Waals surface area contributed by atoms with Gasteiger partial charge in [-0.15, -0.1) is 24.8 Å². The number of aryl methyl sites for hydroxylation is 1. The number of hydrogen-bond donors (Lipinski definition) is 3. The predicted octanol–water partition coefficient (Wildman–Crippen LogP) is 5.25. The normalized spacial score (nSPS) is 17.2. The Morgan fingerprint density at radius 3 is 2.46 bits per heavy atom. The molecule has 212 valence electrons. The summed E-state index contributed by atoms with van der Waals surface area (Å²) in [6.07, 6.45) is 13.6. The van der Waals surface area contributed by atoms with Gasteiger partial charge in [0.05, 0.1) is 11.0 Å². The van der Waals surface area contributed by atoms with Crippen LogP contribution in [0.1, 0.15) is 69.7 Å². The van der Waals surface area contributed by atoms with Crippen molar-refractivity contribution in [1.29, 1.82) is 5.41 Å². The summed E-state index contributed by atoms with van der Waals surface area (Å²) in [6, 6.07) is 10.1. The number of pyridine rings is 1. The molecule has 39 heavy (non-hydrogen) atoms. The van der Waals surface area contributed by atoms with Gasteiger partial charge in [0, 0.05) is 49.2 Å². The van der Waals surface area contributed by atoms with E-state index >= 15 is 0 Å². The Hall–Kier alpha value is -2.84. The van der Waals surface area contributed by atoms with Crippen LogP contribution >= 0.6 is 24.8 Å². The summed E-state index contributed by atoms with van der Waals surface area (Å²) >= 11 is 0. The van der Waals surface area contributed by atoms with Crippen LogP contribution in [0.4, 0.5) is 5.69 Å². The fourth-order valence-electron chi connectivity index (χ4n) is 5.90. The molecule has 5 rings (SSSR count). The van der Waals surface area contributed by atoms with Gasteiger partial charge in [-0.1, -0.05) is 26.2 Å². The highest BCUT2D eigenvalue weighted by molar-refractivity contribution is 5.98. The molecule has 0 atom stereocenters. The molecule has 3 heterocycles. The van der Waals surface area contributed by atoms with Crippen molar-refractivity contribution < 1.29 is 4.79 Å². The number of halogens is 2. The summed E-state index contributed by atoms with van der Waals surface area (Å²) in [5.41, 5.74) is 9.58. The monoisotopic (exact) mass is 573 g/mol. The van der Waals surface area contributed by atoms with Crippen LogP contribution < -0.4 is 16.0 Å². The molecule has 1 aliphatic carbocycles. The molecule has 2 aromatic heterocycles. The van der Waals surface area contributed by atoms with Crippen LogP contribution in [0.2, 0.25) is 0 Å². The molecule has 1 aliphatic heterocycles. The van der Waals surface area contributed by atoms with Gasteiger partial charge in [-0.3, -0.25) is 15.2 Å². The lowest BCUT2D eigenvalue weighted by molar-refractivity contribution is -0.122. The minimum atomic E-state index is 0. The number of carbonyl (C=O) groups is 1. The van der Waals surface area contributed by atoms with E-state index in [1.165, 1.54) is 24.9 Å². The molecule has 8 nitrogen and oxygen atoms in total. The fraction of sp³-hybridized carbons (Fsp3) is 0.517. The average Bonchev–Trinajstić information content (AvgIpc) is 3.25. The first-order valence-corrected chi connectivity index (χ1v) is 13.7. The Balaban J connectivity index is 0.00000210. The molecule has 0 radical (unpaired) electrons. The summed E-state index contributed by atoms with van der Waals surface area (Å²) in [5.74, 6) is 1.02. The van der Waals surface area contributed by atoms with E-state index in [4.69, 9.17) is 16.1 Å². The van der Waals surface area contributed by atoms with E-state index in [2.05, 4.69) is 38.8 Å². The van der Waals surface area contributed by atoms with Gasteiger partial charge < -0.3 is 20.5 Å². The largest absolute Gasteiger partial charge is 0.384 e. The highest BCUT2D eigenvalue weighted by atomic mass is 35.5. The number of amides is 1. The number of fused-ring (bicyclic) bond motifs is 1. The summed E-state index contributed by atoms with van der Waals surface area (Å²) in [6.45, 7) is 4.72. The standard InChI is InChI=1S/C29H39N7O.2ClH/c1-29(13-17-35(18-14-29)23-10-15-32-16-11-23)12-9-26-34-24-19-21(28(30)31)7-8-25(24)36(26)20-27(37)33-22-5-3-2-4-6-22;;/h7-8,10-11,15-16,19,22H,2-6,9,12-14,17-18,20H2,1H3,(H3,30,31)(H,33,37);2*1H. The van der Waals surface area contributed by atoms with Gasteiger partial charge in [-0.2, -0.15) is 0 Å². The quantitative estimate of drug-likeness (QED) is 0.251. The first-order valence-electron chi connectivity index (χ1n) is 13.7. The molecule has 1 saturated carbocycles. The van der Waals surface area contributed by atoms with Gasteiger partial charge in [0.15, 0.2) is 0 Å². The molecule has 1 saturated heterocycles. The number of anilines is 1. The number of nitrogens with one attached hydrogen (secondary N) is 2. The van der Waals surface area contributed by atoms with Crippen LogP contribution in [0, 0.1) is 10.8 Å². The maximum Gasteiger partial charge on any atom is 0.240 e. The van der Waals surface area contributed by atoms with E-state index < -0.39 is 0 Å². The number of nitrogens with two attached hydrogens (primary N) is 1. The highest BCUT2D eigenvalue weighted by Crippen LogP contribution is 2.37. The first-order chi connectivity index (χ1) is 17.9. The topological polar surface area (TPSA) is 113 Å². The van der Waals surface area contributed by atoms with Gasteiger partial charge >= 0.3 is 0 Å². The molecule has 3 aromatic rings. The molecule has 0 unspecified atom stereocenters. The van der Waals surface area contributed by atoms with Crippen molar-refractivity contribution in [3.05, 3.63) is 54.1 Å². The second kappa shape index (κ2) is 13.5.